The van der Waals surface area contributed by atoms with Gasteiger partial charge in [0, 0.05) is 47.3 Å². The number of aromatic amines is 1. The normalized spacial score (nSPS) is 12.3. The number of phenols is 1. The number of hydrogen-bond donors (Lipinski definition) is 3. The highest BCUT2D eigenvalue weighted by molar-refractivity contribution is 5.89. The summed E-state index contributed by atoms with van der Waals surface area (Å²) in [7, 11) is 0. The third-order valence-corrected chi connectivity index (χ3v) is 6.13. The molecule has 3 aromatic carbocycles. The first kappa shape index (κ1) is 26.6. The van der Waals surface area contributed by atoms with Gasteiger partial charge in [-0.2, -0.15) is 0 Å². The van der Waals surface area contributed by atoms with Crippen LogP contribution in [0.1, 0.15) is 26.3 Å². The number of amides is 1. The molecular formula is C31H28N2O7. The van der Waals surface area contributed by atoms with Crippen molar-refractivity contribution in [3.05, 3.63) is 94.8 Å². The molecule has 9 nitrogen and oxygen atoms in total. The molecule has 2 aromatic heterocycles. The first-order valence-electron chi connectivity index (χ1n) is 12.7. The zero-order chi connectivity index (χ0) is 28.4. The number of H-pyrrole nitrogens is 1. The Labute approximate surface area is 229 Å². The minimum absolute atomic E-state index is 0.0401. The van der Waals surface area contributed by atoms with Crippen LogP contribution in [0, 0.1) is 0 Å². The Morgan fingerprint density at radius 2 is 1.75 bits per heavy atom. The fourth-order valence-electron chi connectivity index (χ4n) is 4.40. The van der Waals surface area contributed by atoms with Gasteiger partial charge in [-0.1, -0.05) is 48.5 Å². The predicted molar refractivity (Wildman–Crippen MR) is 150 cm³/mol. The van der Waals surface area contributed by atoms with Gasteiger partial charge in [-0.05, 0) is 32.4 Å². The highest BCUT2D eigenvalue weighted by atomic mass is 16.6. The minimum Gasteiger partial charge on any atom is -0.507 e. The Kier molecular flexibility index (Phi) is 7.04. The first-order valence-corrected chi connectivity index (χ1v) is 12.7. The van der Waals surface area contributed by atoms with E-state index in [4.69, 9.17) is 13.9 Å². The van der Waals surface area contributed by atoms with Crippen molar-refractivity contribution in [2.75, 3.05) is 0 Å². The van der Waals surface area contributed by atoms with Gasteiger partial charge in [0.2, 0.25) is 0 Å². The lowest BCUT2D eigenvalue weighted by molar-refractivity contribution is -0.136. The lowest BCUT2D eigenvalue weighted by Gasteiger charge is -2.23. The highest BCUT2D eigenvalue weighted by Gasteiger charge is 2.28. The molecule has 40 heavy (non-hydrogen) atoms. The SMILES string of the molecule is CC(C)(C)OC(=O)N[C@H](Cc1c[nH]c2ccccc12)C(=O)Oc1cc(O)c2c(=O)cc(-c3ccccc3)oc2c1. The molecular weight excluding hydrogens is 512 g/mol. The molecule has 0 saturated heterocycles. The van der Waals surface area contributed by atoms with Crippen molar-refractivity contribution >= 4 is 33.9 Å². The van der Waals surface area contributed by atoms with E-state index in [2.05, 4.69) is 10.3 Å². The zero-order valence-electron chi connectivity index (χ0n) is 22.2. The lowest BCUT2D eigenvalue weighted by Crippen LogP contribution is -2.46. The summed E-state index contributed by atoms with van der Waals surface area (Å²) in [6, 6.07) is 19.3. The Balaban J connectivity index is 1.46. The van der Waals surface area contributed by atoms with E-state index in [1.165, 1.54) is 12.1 Å². The van der Waals surface area contributed by atoms with Crippen LogP contribution in [0.25, 0.3) is 33.2 Å². The maximum Gasteiger partial charge on any atom is 0.408 e. The van der Waals surface area contributed by atoms with E-state index in [0.29, 0.717) is 11.3 Å². The molecule has 2 heterocycles. The van der Waals surface area contributed by atoms with E-state index in [9.17, 15) is 19.5 Å². The second kappa shape index (κ2) is 10.6. The summed E-state index contributed by atoms with van der Waals surface area (Å²) in [5.41, 5.74) is 1.15. The molecule has 9 heteroatoms. The van der Waals surface area contributed by atoms with Gasteiger partial charge < -0.3 is 29.3 Å². The summed E-state index contributed by atoms with van der Waals surface area (Å²) in [5, 5.41) is 14.1. The third-order valence-electron chi connectivity index (χ3n) is 6.13. The number of benzene rings is 3. The van der Waals surface area contributed by atoms with E-state index in [1.54, 1.807) is 51.2 Å². The standard InChI is InChI=1S/C31H28N2O7/c1-31(2,3)40-30(37)33-23(13-19-17-32-22-12-8-7-11-21(19)22)29(36)38-20-14-24(34)28-25(35)16-26(39-27(28)15-20)18-9-5-4-6-10-18/h4-12,14-17,23,32,34H,13H2,1-3H3,(H,33,37)/t23-/m1/s1. The van der Waals surface area contributed by atoms with Crippen LogP contribution in [-0.4, -0.2) is 33.8 Å². The van der Waals surface area contributed by atoms with Crippen molar-refractivity contribution in [3.63, 3.8) is 0 Å². The van der Waals surface area contributed by atoms with Crippen molar-refractivity contribution in [1.82, 2.24) is 10.3 Å². The number of hydrogen-bond acceptors (Lipinski definition) is 7. The third kappa shape index (κ3) is 5.83. The fraction of sp³-hybridized carbons (Fsp3) is 0.194. The van der Waals surface area contributed by atoms with Crippen LogP contribution in [0.5, 0.6) is 11.5 Å². The molecule has 0 unspecified atom stereocenters. The number of phenolic OH excluding ortho intramolecular Hbond substituents is 1. The number of alkyl carbamates (subject to hydrolysis) is 1. The molecule has 1 amide bonds. The molecule has 3 N–H and O–H groups in total. The van der Waals surface area contributed by atoms with Gasteiger partial charge in [0.15, 0.2) is 5.43 Å². The molecule has 0 fully saturated rings. The summed E-state index contributed by atoms with van der Waals surface area (Å²) < 4.78 is 16.9. The lowest BCUT2D eigenvalue weighted by atomic mass is 10.1. The number of aromatic hydroxyl groups is 1. The van der Waals surface area contributed by atoms with Gasteiger partial charge in [0.1, 0.15) is 39.9 Å². The van der Waals surface area contributed by atoms with Crippen LogP contribution in [-0.2, 0) is 16.0 Å². The molecule has 0 aliphatic heterocycles. The van der Waals surface area contributed by atoms with Crippen LogP contribution >= 0.6 is 0 Å². The number of aromatic nitrogens is 1. The van der Waals surface area contributed by atoms with Crippen molar-refractivity contribution < 1.29 is 28.6 Å². The number of para-hydroxylation sites is 1. The molecule has 1 atom stereocenters. The van der Waals surface area contributed by atoms with Crippen molar-refractivity contribution in [1.29, 1.82) is 0 Å². The number of ether oxygens (including phenoxy) is 2. The second-order valence-corrected chi connectivity index (χ2v) is 10.3. The number of nitrogens with one attached hydrogen (secondary N) is 2. The molecule has 0 bridgehead atoms. The maximum atomic E-state index is 13.4. The maximum absolute atomic E-state index is 13.4. The zero-order valence-corrected chi connectivity index (χ0v) is 22.2. The van der Waals surface area contributed by atoms with Gasteiger partial charge >= 0.3 is 12.1 Å². The topological polar surface area (TPSA) is 131 Å². The molecule has 0 saturated carbocycles. The van der Waals surface area contributed by atoms with Crippen molar-refractivity contribution in [3.8, 4) is 22.8 Å². The van der Waals surface area contributed by atoms with Crippen LogP contribution < -0.4 is 15.5 Å². The van der Waals surface area contributed by atoms with Gasteiger partial charge in [-0.15, -0.1) is 0 Å². The Morgan fingerprint density at radius 3 is 2.50 bits per heavy atom. The molecule has 0 radical (unpaired) electrons. The summed E-state index contributed by atoms with van der Waals surface area (Å²) in [5.74, 6) is -0.957. The first-order chi connectivity index (χ1) is 19.1. The molecule has 0 aliphatic rings. The molecule has 5 aromatic rings. The van der Waals surface area contributed by atoms with Crippen LogP contribution in [0.3, 0.4) is 0 Å². The van der Waals surface area contributed by atoms with Gasteiger partial charge in [0.25, 0.3) is 0 Å². The van der Waals surface area contributed by atoms with E-state index in [1.807, 2.05) is 30.3 Å². The van der Waals surface area contributed by atoms with Gasteiger partial charge in [-0.3, -0.25) is 4.79 Å². The average molecular weight is 541 g/mol. The number of carbonyl (C=O) groups is 2. The number of fused-ring (bicyclic) bond motifs is 2. The fourth-order valence-corrected chi connectivity index (χ4v) is 4.40. The molecule has 0 spiro atoms. The molecule has 204 valence electrons. The summed E-state index contributed by atoms with van der Waals surface area (Å²) in [6.07, 6.45) is 1.09. The van der Waals surface area contributed by atoms with Crippen LogP contribution in [0.15, 0.2) is 88.2 Å². The van der Waals surface area contributed by atoms with E-state index >= 15 is 0 Å². The Hall–Kier alpha value is -5.05. The van der Waals surface area contributed by atoms with Crippen LogP contribution in [0.2, 0.25) is 0 Å². The smallest absolute Gasteiger partial charge is 0.408 e. The minimum atomic E-state index is -1.13. The molecule has 0 aliphatic carbocycles. The average Bonchev–Trinajstić information content (AvgIpc) is 3.30. The van der Waals surface area contributed by atoms with Crippen molar-refractivity contribution in [2.24, 2.45) is 0 Å². The highest BCUT2D eigenvalue weighted by Crippen LogP contribution is 2.31. The number of carbonyl (C=O) groups excluding carboxylic acids is 2. The summed E-state index contributed by atoms with van der Waals surface area (Å²) >= 11 is 0. The summed E-state index contributed by atoms with van der Waals surface area (Å²) in [6.45, 7) is 5.15. The van der Waals surface area contributed by atoms with Gasteiger partial charge in [-0.25, -0.2) is 9.59 Å². The number of rotatable bonds is 6. The Morgan fingerprint density at radius 1 is 1.02 bits per heavy atom. The number of esters is 1. The second-order valence-electron chi connectivity index (χ2n) is 10.3. The van der Waals surface area contributed by atoms with E-state index in [0.717, 1.165) is 22.5 Å². The van der Waals surface area contributed by atoms with Gasteiger partial charge in [0.05, 0.1) is 0 Å². The van der Waals surface area contributed by atoms with Crippen molar-refractivity contribution in [2.45, 2.75) is 38.8 Å². The largest absolute Gasteiger partial charge is 0.507 e. The van der Waals surface area contributed by atoms with E-state index in [-0.39, 0.29) is 23.1 Å². The van der Waals surface area contributed by atoms with Crippen LogP contribution in [0.4, 0.5) is 4.79 Å². The Bertz CT molecular complexity index is 1760. The molecule has 5 rings (SSSR count). The monoisotopic (exact) mass is 540 g/mol. The summed E-state index contributed by atoms with van der Waals surface area (Å²) in [4.78, 5) is 41.9. The quantitative estimate of drug-likeness (QED) is 0.186. The van der Waals surface area contributed by atoms with E-state index < -0.39 is 34.9 Å². The predicted octanol–water partition coefficient (Wildman–Crippen LogP) is 5.69.